The number of hydrogen-bond donors (Lipinski definition) is 1. The van der Waals surface area contributed by atoms with Gasteiger partial charge in [-0.3, -0.25) is 10.2 Å². The first-order valence-corrected chi connectivity index (χ1v) is 11.1. The average molecular weight is 528 g/mol. The zero-order valence-corrected chi connectivity index (χ0v) is 20.3. The minimum atomic E-state index is -0.518. The standard InChI is InChI=1S/C24H22BrN3O6/c1-14-9-21-27-24(29)18(23(26)28(21)34-14)10-15-11-19(25)22(20(12-15)31-3)33-8-7-32-17-6-4-5-16(13-17)30-2/h4-6,9-13,26H,7-8H2,1-3H3/b18-10+,26-23?. The Morgan fingerprint density at radius 2 is 1.88 bits per heavy atom. The Balaban J connectivity index is 1.47. The fourth-order valence-corrected chi connectivity index (χ4v) is 3.90. The summed E-state index contributed by atoms with van der Waals surface area (Å²) in [5.74, 6) is 2.57. The molecule has 2 aliphatic rings. The Bertz CT molecular complexity index is 1240. The third-order valence-electron chi connectivity index (χ3n) is 4.88. The summed E-state index contributed by atoms with van der Waals surface area (Å²) >= 11 is 3.50. The van der Waals surface area contributed by atoms with E-state index in [2.05, 4.69) is 20.9 Å². The van der Waals surface area contributed by atoms with E-state index >= 15 is 0 Å². The molecule has 2 aromatic rings. The van der Waals surface area contributed by atoms with Crippen molar-refractivity contribution in [1.82, 2.24) is 5.06 Å². The zero-order chi connectivity index (χ0) is 24.2. The average Bonchev–Trinajstić information content (AvgIpc) is 3.20. The predicted octanol–water partition coefficient (Wildman–Crippen LogP) is 4.37. The van der Waals surface area contributed by atoms with E-state index in [0.717, 1.165) is 0 Å². The number of aliphatic imine (C=N–C) groups is 1. The predicted molar refractivity (Wildman–Crippen MR) is 130 cm³/mol. The first-order valence-electron chi connectivity index (χ1n) is 10.3. The highest BCUT2D eigenvalue weighted by atomic mass is 79.9. The van der Waals surface area contributed by atoms with Crippen molar-refractivity contribution < 1.29 is 28.6 Å². The van der Waals surface area contributed by atoms with Gasteiger partial charge in [-0.25, -0.2) is 0 Å². The van der Waals surface area contributed by atoms with Gasteiger partial charge in [0, 0.05) is 12.1 Å². The highest BCUT2D eigenvalue weighted by Crippen LogP contribution is 2.37. The van der Waals surface area contributed by atoms with Gasteiger partial charge in [0.25, 0.3) is 5.91 Å². The van der Waals surface area contributed by atoms with Crippen molar-refractivity contribution in [3.63, 3.8) is 0 Å². The number of methoxy groups -OCH3 is 2. The van der Waals surface area contributed by atoms with Crippen LogP contribution in [0.4, 0.5) is 0 Å². The molecule has 0 saturated heterocycles. The number of carbonyl (C=O) groups excluding carboxylic acids is 1. The quantitative estimate of drug-likeness (QED) is 0.401. The summed E-state index contributed by atoms with van der Waals surface area (Å²) in [6, 6.07) is 10.8. The van der Waals surface area contributed by atoms with Crippen molar-refractivity contribution in [3.05, 3.63) is 63.8 Å². The van der Waals surface area contributed by atoms with Crippen LogP contribution in [0.2, 0.25) is 0 Å². The van der Waals surface area contributed by atoms with Crippen LogP contribution in [0.25, 0.3) is 6.08 Å². The first kappa shape index (κ1) is 23.4. The smallest absolute Gasteiger partial charge is 0.282 e. The summed E-state index contributed by atoms with van der Waals surface area (Å²) in [5, 5.41) is 9.57. The van der Waals surface area contributed by atoms with E-state index in [0.29, 0.717) is 51.2 Å². The summed E-state index contributed by atoms with van der Waals surface area (Å²) in [6.45, 7) is 2.31. The van der Waals surface area contributed by atoms with E-state index in [4.69, 9.17) is 29.2 Å². The van der Waals surface area contributed by atoms with Crippen LogP contribution in [-0.2, 0) is 9.63 Å². The number of benzene rings is 2. The van der Waals surface area contributed by atoms with Gasteiger partial charge >= 0.3 is 0 Å². The number of hydrogen-bond acceptors (Lipinski definition) is 7. The maximum Gasteiger partial charge on any atom is 0.282 e. The Labute approximate surface area is 204 Å². The second kappa shape index (κ2) is 10.0. The molecule has 0 aliphatic carbocycles. The highest BCUT2D eigenvalue weighted by molar-refractivity contribution is 9.10. The number of amides is 1. The van der Waals surface area contributed by atoms with Crippen LogP contribution < -0.4 is 18.9 Å². The van der Waals surface area contributed by atoms with Crippen LogP contribution in [-0.4, -0.2) is 50.1 Å². The fourth-order valence-electron chi connectivity index (χ4n) is 3.32. The normalized spacial score (nSPS) is 16.0. The van der Waals surface area contributed by atoms with Crippen LogP contribution in [0.15, 0.2) is 63.3 Å². The van der Waals surface area contributed by atoms with Gasteiger partial charge in [0.1, 0.15) is 30.5 Å². The highest BCUT2D eigenvalue weighted by Gasteiger charge is 2.34. The molecule has 2 aliphatic heterocycles. The molecule has 0 aromatic heterocycles. The number of carbonyl (C=O) groups is 1. The van der Waals surface area contributed by atoms with Gasteiger partial charge in [-0.2, -0.15) is 4.99 Å². The summed E-state index contributed by atoms with van der Waals surface area (Å²) < 4.78 is 22.9. The summed E-state index contributed by atoms with van der Waals surface area (Å²) in [5.41, 5.74) is 0.723. The minimum absolute atomic E-state index is 0.0896. The van der Waals surface area contributed by atoms with Crippen molar-refractivity contribution in [2.75, 3.05) is 27.4 Å². The van der Waals surface area contributed by atoms with Crippen molar-refractivity contribution in [3.8, 4) is 23.0 Å². The van der Waals surface area contributed by atoms with Crippen LogP contribution in [0.3, 0.4) is 0 Å². The number of nitrogens with zero attached hydrogens (tertiary/aromatic N) is 2. The molecule has 4 rings (SSSR count). The number of nitrogens with one attached hydrogen (secondary N) is 1. The van der Waals surface area contributed by atoms with Crippen molar-refractivity contribution in [2.45, 2.75) is 6.92 Å². The lowest BCUT2D eigenvalue weighted by atomic mass is 10.1. The molecule has 2 aromatic carbocycles. The van der Waals surface area contributed by atoms with Crippen molar-refractivity contribution in [1.29, 1.82) is 5.41 Å². The summed E-state index contributed by atoms with van der Waals surface area (Å²) in [7, 11) is 3.12. The number of amidine groups is 2. The van der Waals surface area contributed by atoms with Gasteiger partial charge in [-0.05, 0) is 58.8 Å². The lowest BCUT2D eigenvalue weighted by molar-refractivity contribution is -0.114. The molecule has 0 fully saturated rings. The molecule has 0 unspecified atom stereocenters. The molecule has 10 heteroatoms. The number of allylic oxidation sites excluding steroid dienone is 1. The van der Waals surface area contributed by atoms with Crippen LogP contribution >= 0.6 is 15.9 Å². The molecule has 0 saturated carbocycles. The number of rotatable bonds is 8. The van der Waals surface area contributed by atoms with Gasteiger partial charge < -0.3 is 23.8 Å². The lowest BCUT2D eigenvalue weighted by Crippen LogP contribution is -2.38. The van der Waals surface area contributed by atoms with Crippen LogP contribution in [0.1, 0.15) is 12.5 Å². The molecule has 0 bridgehead atoms. The number of hydroxylamine groups is 2. The summed E-state index contributed by atoms with van der Waals surface area (Å²) in [4.78, 5) is 21.9. The molecule has 1 N–H and O–H groups in total. The van der Waals surface area contributed by atoms with Gasteiger partial charge in [-0.15, -0.1) is 5.06 Å². The minimum Gasteiger partial charge on any atom is -0.497 e. The topological polar surface area (TPSA) is 103 Å². The number of halogens is 1. The molecule has 176 valence electrons. The van der Waals surface area contributed by atoms with Gasteiger partial charge in [0.15, 0.2) is 23.2 Å². The second-order valence-electron chi connectivity index (χ2n) is 7.23. The molecular formula is C24H22BrN3O6. The Kier molecular flexibility index (Phi) is 6.87. The van der Waals surface area contributed by atoms with E-state index in [1.807, 2.05) is 18.2 Å². The monoisotopic (exact) mass is 527 g/mol. The van der Waals surface area contributed by atoms with Crippen LogP contribution in [0.5, 0.6) is 23.0 Å². The molecule has 1 amide bonds. The van der Waals surface area contributed by atoms with Gasteiger partial charge in [0.2, 0.25) is 0 Å². The Hall–Kier alpha value is -3.79. The van der Waals surface area contributed by atoms with E-state index in [-0.39, 0.29) is 18.0 Å². The van der Waals surface area contributed by atoms with Crippen molar-refractivity contribution >= 4 is 39.6 Å². The molecular weight excluding hydrogens is 506 g/mol. The first-order chi connectivity index (χ1) is 16.4. The number of fused-ring (bicyclic) bond motifs is 1. The fraction of sp³-hybridized carbons (Fsp3) is 0.208. The Morgan fingerprint density at radius 1 is 1.12 bits per heavy atom. The molecule has 2 heterocycles. The SMILES string of the molecule is COc1cccc(OCCOc2c(Br)cc(/C=C3\C(=N)N4OC(C)=CC4=NC3=O)cc2OC)c1. The van der Waals surface area contributed by atoms with Gasteiger partial charge in [-0.1, -0.05) is 6.07 Å². The van der Waals surface area contributed by atoms with E-state index in [1.54, 1.807) is 44.4 Å². The van der Waals surface area contributed by atoms with E-state index in [9.17, 15) is 4.79 Å². The molecule has 0 atom stereocenters. The zero-order valence-electron chi connectivity index (χ0n) is 18.8. The van der Waals surface area contributed by atoms with Crippen LogP contribution in [0, 0.1) is 5.41 Å². The molecule has 9 nitrogen and oxygen atoms in total. The van der Waals surface area contributed by atoms with Crippen molar-refractivity contribution in [2.24, 2.45) is 4.99 Å². The third kappa shape index (κ3) is 4.91. The summed E-state index contributed by atoms with van der Waals surface area (Å²) in [6.07, 6.45) is 3.16. The molecule has 0 radical (unpaired) electrons. The largest absolute Gasteiger partial charge is 0.497 e. The van der Waals surface area contributed by atoms with Gasteiger partial charge in [0.05, 0.1) is 24.3 Å². The van der Waals surface area contributed by atoms with E-state index < -0.39 is 5.91 Å². The third-order valence-corrected chi connectivity index (χ3v) is 5.47. The maximum atomic E-state index is 12.5. The lowest BCUT2D eigenvalue weighted by Gasteiger charge is -2.23. The Morgan fingerprint density at radius 3 is 2.65 bits per heavy atom. The maximum absolute atomic E-state index is 12.5. The second-order valence-corrected chi connectivity index (χ2v) is 8.09. The molecule has 34 heavy (non-hydrogen) atoms. The number of ether oxygens (including phenoxy) is 4. The molecule has 0 spiro atoms. The van der Waals surface area contributed by atoms with E-state index in [1.165, 1.54) is 12.2 Å².